The van der Waals surface area contributed by atoms with E-state index in [0.29, 0.717) is 19.3 Å². The molecular formula is C59H99N15O15. The number of aliphatic hydroxyl groups is 2. The first-order valence-corrected chi connectivity index (χ1v) is 30.4. The smallest absolute Gasteiger partial charge is 0.329 e. The summed E-state index contributed by atoms with van der Waals surface area (Å²) in [6.45, 7) is 14.2. The Bertz CT molecular complexity index is 2590. The molecule has 2 rings (SSSR count). The molecule has 0 spiro atoms. The first-order valence-electron chi connectivity index (χ1n) is 30.4. The quantitative estimate of drug-likeness (QED) is 0.0138. The maximum absolute atomic E-state index is 14.4. The fraction of sp³-hybridized carbons (Fsp3) is 0.678. The highest BCUT2D eigenvalue weighted by atomic mass is 16.5. The van der Waals surface area contributed by atoms with Crippen LogP contribution in [0.15, 0.2) is 35.3 Å². The van der Waals surface area contributed by atoms with Gasteiger partial charge in [0, 0.05) is 13.0 Å². The minimum Gasteiger partial charge on any atom is -0.458 e. The number of hydrogen-bond donors (Lipinski definition) is 15. The molecule has 11 amide bonds. The summed E-state index contributed by atoms with van der Waals surface area (Å²) in [4.78, 5) is 171. The molecule has 18 N–H and O–H groups in total. The van der Waals surface area contributed by atoms with Gasteiger partial charge in [0.15, 0.2) is 5.96 Å². The SMILES string of the molecule is CC[C@H](C)[C@H](NC(=O)[C@@H](Cc1ccccc1)N(C)C)C(=O)N[C@@H](CO)C(=O)N[C@H](CCC(N)=O)C(=O)N[C@@H](C(=O)N[C@H](C(=O)N[C@@H](CO)C(=O)N[C@H]1C(=O)N[C@@H](C)C(=O)N[C@@H](CCCN=C(N)N)C(=O)N[C@@H]([C@@H](C)CC)C(=O)O[C@H]1C)[C@@H](C)CC)[C@@H](C)CC. The highest BCUT2D eigenvalue weighted by Gasteiger charge is 2.41. The number of ether oxygens (including phenoxy) is 1. The van der Waals surface area contributed by atoms with Crippen LogP contribution in [0.3, 0.4) is 0 Å². The predicted octanol–water partition coefficient (Wildman–Crippen LogP) is -3.54. The molecule has 16 atom stereocenters. The van der Waals surface area contributed by atoms with Gasteiger partial charge in [-0.3, -0.25) is 62.6 Å². The number of aliphatic imine (C=N–C) groups is 1. The molecule has 0 aliphatic carbocycles. The Labute approximate surface area is 521 Å². The van der Waals surface area contributed by atoms with E-state index in [-0.39, 0.29) is 38.2 Å². The fourth-order valence-electron chi connectivity index (χ4n) is 9.27. The number of carbonyl (C=O) groups is 12. The van der Waals surface area contributed by atoms with Gasteiger partial charge < -0.3 is 85.3 Å². The van der Waals surface area contributed by atoms with E-state index in [4.69, 9.17) is 21.9 Å². The lowest BCUT2D eigenvalue weighted by Crippen LogP contribution is -2.63. The second-order valence-electron chi connectivity index (χ2n) is 23.1. The van der Waals surface area contributed by atoms with Gasteiger partial charge in [-0.2, -0.15) is 0 Å². The molecule has 1 heterocycles. The molecular weight excluding hydrogens is 1160 g/mol. The van der Waals surface area contributed by atoms with Crippen molar-refractivity contribution in [2.24, 2.45) is 45.9 Å². The fourth-order valence-corrected chi connectivity index (χ4v) is 9.27. The summed E-state index contributed by atoms with van der Waals surface area (Å²) in [6, 6.07) is -6.26. The van der Waals surface area contributed by atoms with Gasteiger partial charge in [0.05, 0.1) is 19.3 Å². The molecule has 1 aliphatic heterocycles. The summed E-state index contributed by atoms with van der Waals surface area (Å²) in [7, 11) is 3.44. The number of hydrogen-bond acceptors (Lipinski definition) is 17. The molecule has 0 aromatic heterocycles. The molecule has 89 heavy (non-hydrogen) atoms. The summed E-state index contributed by atoms with van der Waals surface area (Å²) in [5, 5.41) is 46.4. The third-order valence-corrected chi connectivity index (χ3v) is 16.0. The number of esters is 1. The van der Waals surface area contributed by atoms with Crippen LogP contribution in [-0.2, 0) is 68.7 Å². The third-order valence-electron chi connectivity index (χ3n) is 16.0. The lowest BCUT2D eigenvalue weighted by atomic mass is 9.94. The van der Waals surface area contributed by atoms with Crippen LogP contribution in [0.25, 0.3) is 0 Å². The molecule has 1 aromatic rings. The van der Waals surface area contributed by atoms with Crippen molar-refractivity contribution >= 4 is 76.9 Å². The van der Waals surface area contributed by atoms with E-state index < -0.39 is 193 Å². The Morgan fingerprint density at radius 1 is 0.618 bits per heavy atom. The van der Waals surface area contributed by atoms with Gasteiger partial charge in [-0.15, -0.1) is 0 Å². The number of guanidine groups is 1. The van der Waals surface area contributed by atoms with Crippen LogP contribution in [0.1, 0.15) is 126 Å². The monoisotopic (exact) mass is 1260 g/mol. The van der Waals surface area contributed by atoms with Crippen molar-refractivity contribution in [3.05, 3.63) is 35.9 Å². The van der Waals surface area contributed by atoms with Crippen LogP contribution in [0, 0.1) is 23.7 Å². The molecule has 1 fully saturated rings. The summed E-state index contributed by atoms with van der Waals surface area (Å²) >= 11 is 0. The molecule has 30 nitrogen and oxygen atoms in total. The lowest BCUT2D eigenvalue weighted by Gasteiger charge is -2.31. The predicted molar refractivity (Wildman–Crippen MR) is 328 cm³/mol. The van der Waals surface area contributed by atoms with Gasteiger partial charge in [-0.05, 0) is 82.9 Å². The van der Waals surface area contributed by atoms with E-state index in [9.17, 15) is 67.7 Å². The van der Waals surface area contributed by atoms with Crippen LogP contribution >= 0.6 is 0 Å². The Morgan fingerprint density at radius 3 is 1.58 bits per heavy atom. The van der Waals surface area contributed by atoms with Crippen molar-refractivity contribution in [1.29, 1.82) is 0 Å². The zero-order valence-corrected chi connectivity index (χ0v) is 53.4. The van der Waals surface area contributed by atoms with Crippen LogP contribution in [0.2, 0.25) is 0 Å². The van der Waals surface area contributed by atoms with E-state index >= 15 is 0 Å². The van der Waals surface area contributed by atoms with Crippen LogP contribution in [-0.4, -0.2) is 198 Å². The van der Waals surface area contributed by atoms with E-state index in [1.807, 2.05) is 30.3 Å². The van der Waals surface area contributed by atoms with Crippen molar-refractivity contribution in [3.8, 4) is 0 Å². The van der Waals surface area contributed by atoms with Crippen molar-refractivity contribution < 1.29 is 72.5 Å². The number of primary amides is 1. The molecule has 1 aliphatic rings. The third kappa shape index (κ3) is 24.8. The standard InChI is InChI=1S/C59H99N15O15/c1-13-30(5)43(70-53(83)41(74(11)12)27-36-21-18-17-19-22-36)54(84)67-39(28-75)51(81)66-38(24-25-42(60)77)50(80)69-45(32(7)15-3)56(86)71-44(31(6)14-2)55(85)68-40(29-76)52(82)73-47-35(10)89-58(88)46(33(8)16-4)72-49(79)37(23-20-26-63-59(61)62)65-48(78)34(9)64-57(47)87/h17-19,21-22,30-35,37-41,43-47,75-76H,13-16,20,23-29H2,1-12H3,(H2,60,77)(H,64,87)(H,65,78)(H,66,81)(H,67,84)(H,68,85)(H,69,80)(H,70,83)(H,71,86)(H,72,79)(H,73,82)(H4,61,62,63)/t30-,31-,32-,33-,34-,35-,37-,38+,39-,40-,41+,43-,44-,45+,46-,47+/m0/s1. The lowest BCUT2D eigenvalue weighted by molar-refractivity contribution is -0.157. The zero-order valence-electron chi connectivity index (χ0n) is 53.4. The molecule has 0 saturated carbocycles. The molecule has 0 unspecified atom stereocenters. The number of aliphatic hydroxyl groups excluding tert-OH is 2. The zero-order chi connectivity index (χ0) is 67.4. The van der Waals surface area contributed by atoms with Gasteiger partial charge in [-0.1, -0.05) is 111 Å². The topological polar surface area (TPSA) is 468 Å². The molecule has 30 heteroatoms. The summed E-state index contributed by atoms with van der Waals surface area (Å²) in [5.74, 6) is -13.4. The number of nitrogens with zero attached hydrogens (tertiary/aromatic N) is 2. The molecule has 1 saturated heterocycles. The van der Waals surface area contributed by atoms with Crippen LogP contribution in [0.5, 0.6) is 0 Å². The number of carbonyl (C=O) groups excluding carboxylic acids is 12. The molecule has 1 aromatic carbocycles. The largest absolute Gasteiger partial charge is 0.458 e. The van der Waals surface area contributed by atoms with E-state index in [1.54, 1.807) is 74.4 Å². The second-order valence-corrected chi connectivity index (χ2v) is 23.1. The minimum absolute atomic E-state index is 0.0240. The van der Waals surface area contributed by atoms with Crippen molar-refractivity contribution in [1.82, 2.24) is 58.1 Å². The Morgan fingerprint density at radius 2 is 1.10 bits per heavy atom. The van der Waals surface area contributed by atoms with E-state index in [1.165, 1.54) is 13.8 Å². The highest BCUT2D eigenvalue weighted by molar-refractivity contribution is 5.99. The Balaban J connectivity index is 2.41. The van der Waals surface area contributed by atoms with Crippen molar-refractivity contribution in [2.75, 3.05) is 33.9 Å². The normalized spacial score (nSPS) is 21.0. The number of nitrogens with one attached hydrogen (secondary N) is 10. The average Bonchev–Trinajstić information content (AvgIpc) is 2.58. The van der Waals surface area contributed by atoms with Gasteiger partial charge in [0.1, 0.15) is 66.5 Å². The Kier molecular flexibility index (Phi) is 33.3. The first kappa shape index (κ1) is 77.1. The number of benzene rings is 1. The molecule has 500 valence electrons. The second kappa shape index (κ2) is 38.4. The minimum atomic E-state index is -1.83. The van der Waals surface area contributed by atoms with E-state index in [2.05, 4.69) is 58.2 Å². The van der Waals surface area contributed by atoms with Gasteiger partial charge in [0.2, 0.25) is 65.0 Å². The summed E-state index contributed by atoms with van der Waals surface area (Å²) in [6.07, 6.45) is -0.481. The van der Waals surface area contributed by atoms with Crippen LogP contribution in [0.4, 0.5) is 0 Å². The number of rotatable bonds is 34. The van der Waals surface area contributed by atoms with Gasteiger partial charge in [0.25, 0.3) is 0 Å². The number of cyclic esters (lactones) is 1. The van der Waals surface area contributed by atoms with Gasteiger partial charge >= 0.3 is 5.97 Å². The number of amides is 11. The molecule has 0 radical (unpaired) electrons. The maximum Gasteiger partial charge on any atom is 0.329 e. The number of nitrogens with two attached hydrogens (primary N) is 3. The Hall–Kier alpha value is -7.99. The van der Waals surface area contributed by atoms with E-state index in [0.717, 1.165) is 5.56 Å². The van der Waals surface area contributed by atoms with Crippen LogP contribution < -0.4 is 70.4 Å². The molecule has 0 bridgehead atoms. The maximum atomic E-state index is 14.4. The van der Waals surface area contributed by atoms with Crippen molar-refractivity contribution in [3.63, 3.8) is 0 Å². The van der Waals surface area contributed by atoms with Crippen molar-refractivity contribution in [2.45, 2.75) is 200 Å². The summed E-state index contributed by atoms with van der Waals surface area (Å²) < 4.78 is 5.71. The average molecular weight is 1260 g/mol. The van der Waals surface area contributed by atoms with Gasteiger partial charge in [-0.25, -0.2) is 4.79 Å². The number of likely N-dealkylation sites (N-methyl/N-ethyl adjacent to an activating group) is 1. The first-order chi connectivity index (χ1) is 41.9. The summed E-state index contributed by atoms with van der Waals surface area (Å²) in [5.41, 5.74) is 17.2. The highest BCUT2D eigenvalue weighted by Crippen LogP contribution is 2.18.